The van der Waals surface area contributed by atoms with Gasteiger partial charge in [-0.25, -0.2) is 0 Å². The largest absolute Gasteiger partial charge is 0.255 e. The average molecular weight is 243 g/mol. The maximum Gasteiger partial charge on any atom is 0.0830 e. The normalized spacial score (nSPS) is 10.8. The topological polar surface area (TPSA) is 30.7 Å². The van der Waals surface area contributed by atoms with Crippen LogP contribution in [0.3, 0.4) is 0 Å². The minimum atomic E-state index is 0.960. The van der Waals surface area contributed by atoms with E-state index in [4.69, 9.17) is 0 Å². The lowest BCUT2D eigenvalue weighted by Crippen LogP contribution is -1.93. The molecule has 0 saturated heterocycles. The zero-order valence-electron chi connectivity index (χ0n) is 11.3. The highest BCUT2D eigenvalue weighted by atomic mass is 15.4. The molecule has 0 amide bonds. The molecule has 0 N–H and O–H groups in total. The highest BCUT2D eigenvalue weighted by Gasteiger charge is 2.00. The second-order valence-corrected chi connectivity index (χ2v) is 4.80. The lowest BCUT2D eigenvalue weighted by atomic mass is 10.0. The minimum Gasteiger partial charge on any atom is -0.255 e. The average Bonchev–Trinajstić information content (AvgIpc) is 2.81. The third-order valence-corrected chi connectivity index (χ3v) is 3.16. The van der Waals surface area contributed by atoms with Gasteiger partial charge in [0.15, 0.2) is 0 Å². The number of nitrogens with zero attached hydrogens (tertiary/aromatic N) is 3. The van der Waals surface area contributed by atoms with E-state index in [1.165, 1.54) is 30.4 Å². The minimum absolute atomic E-state index is 0.960. The van der Waals surface area contributed by atoms with Crippen molar-refractivity contribution in [1.29, 1.82) is 0 Å². The van der Waals surface area contributed by atoms with Crippen LogP contribution < -0.4 is 0 Å². The molecular formula is C15H21N3. The van der Waals surface area contributed by atoms with Crippen LogP contribution in [0.1, 0.15) is 36.6 Å². The van der Waals surface area contributed by atoms with Gasteiger partial charge in [0.2, 0.25) is 0 Å². The van der Waals surface area contributed by atoms with Crippen LogP contribution in [0.5, 0.6) is 0 Å². The van der Waals surface area contributed by atoms with Crippen LogP contribution in [0, 0.1) is 0 Å². The Morgan fingerprint density at radius 2 is 1.67 bits per heavy atom. The predicted octanol–water partition coefficient (Wildman–Crippen LogP) is 2.94. The molecule has 0 aliphatic heterocycles. The van der Waals surface area contributed by atoms with Crippen molar-refractivity contribution >= 4 is 0 Å². The molecule has 0 aliphatic rings. The Morgan fingerprint density at radius 1 is 1.00 bits per heavy atom. The summed E-state index contributed by atoms with van der Waals surface area (Å²) in [5, 5.41) is 8.05. The molecule has 3 nitrogen and oxygen atoms in total. The summed E-state index contributed by atoms with van der Waals surface area (Å²) < 4.78 is 1.75. The summed E-state index contributed by atoms with van der Waals surface area (Å²) in [6.45, 7) is 2.23. The smallest absolute Gasteiger partial charge is 0.0830 e. The van der Waals surface area contributed by atoms with Gasteiger partial charge in [0.05, 0.1) is 5.69 Å². The van der Waals surface area contributed by atoms with Crippen LogP contribution >= 0.6 is 0 Å². The standard InChI is InChI=1S/C15H21N3/c1-3-4-5-13-6-8-14(9-7-13)10-11-15-12-18(2)17-16-15/h6-9,12H,3-5,10-11H2,1-2H3. The van der Waals surface area contributed by atoms with Crippen LogP contribution in [-0.2, 0) is 26.3 Å². The molecule has 3 heteroatoms. The third kappa shape index (κ3) is 3.69. The molecule has 2 aromatic rings. The molecule has 0 spiro atoms. The van der Waals surface area contributed by atoms with Crippen molar-refractivity contribution in [1.82, 2.24) is 15.0 Å². The summed E-state index contributed by atoms with van der Waals surface area (Å²) in [7, 11) is 1.90. The first-order valence-electron chi connectivity index (χ1n) is 6.71. The Morgan fingerprint density at radius 3 is 2.22 bits per heavy atom. The first kappa shape index (κ1) is 12.8. The summed E-state index contributed by atoms with van der Waals surface area (Å²) in [6, 6.07) is 8.98. The monoisotopic (exact) mass is 243 g/mol. The van der Waals surface area contributed by atoms with Crippen molar-refractivity contribution in [2.45, 2.75) is 39.0 Å². The highest BCUT2D eigenvalue weighted by Crippen LogP contribution is 2.10. The molecule has 1 aromatic heterocycles. The molecular weight excluding hydrogens is 222 g/mol. The second kappa shape index (κ2) is 6.34. The van der Waals surface area contributed by atoms with Crippen molar-refractivity contribution in [2.75, 3.05) is 0 Å². The Balaban J connectivity index is 1.86. The molecule has 0 radical (unpaired) electrons. The van der Waals surface area contributed by atoms with E-state index in [2.05, 4.69) is 41.5 Å². The highest BCUT2D eigenvalue weighted by molar-refractivity contribution is 5.23. The zero-order valence-corrected chi connectivity index (χ0v) is 11.3. The molecule has 1 aromatic carbocycles. The van der Waals surface area contributed by atoms with E-state index in [9.17, 15) is 0 Å². The maximum absolute atomic E-state index is 4.10. The van der Waals surface area contributed by atoms with Crippen molar-refractivity contribution in [3.05, 3.63) is 47.3 Å². The number of hydrogen-bond donors (Lipinski definition) is 0. The van der Waals surface area contributed by atoms with E-state index in [1.54, 1.807) is 4.68 Å². The van der Waals surface area contributed by atoms with Crippen molar-refractivity contribution in [2.24, 2.45) is 7.05 Å². The number of aryl methyl sites for hydroxylation is 4. The summed E-state index contributed by atoms with van der Waals surface area (Å²) in [5.41, 5.74) is 3.88. The molecule has 0 fully saturated rings. The Kier molecular flexibility index (Phi) is 4.51. The summed E-state index contributed by atoms with van der Waals surface area (Å²) in [6.07, 6.45) is 7.71. The van der Waals surface area contributed by atoms with Crippen molar-refractivity contribution < 1.29 is 0 Å². The predicted molar refractivity (Wildman–Crippen MR) is 73.5 cm³/mol. The first-order valence-corrected chi connectivity index (χ1v) is 6.71. The molecule has 0 aliphatic carbocycles. The van der Waals surface area contributed by atoms with Crippen molar-refractivity contribution in [3.63, 3.8) is 0 Å². The van der Waals surface area contributed by atoms with Gasteiger partial charge in [-0.1, -0.05) is 42.8 Å². The first-order chi connectivity index (χ1) is 8.78. The van der Waals surface area contributed by atoms with E-state index in [1.807, 2.05) is 13.2 Å². The summed E-state index contributed by atoms with van der Waals surface area (Å²) >= 11 is 0. The van der Waals surface area contributed by atoms with Crippen LogP contribution in [0.4, 0.5) is 0 Å². The molecule has 0 bridgehead atoms. The Bertz CT molecular complexity index is 471. The van der Waals surface area contributed by atoms with Crippen LogP contribution in [0.25, 0.3) is 0 Å². The van der Waals surface area contributed by atoms with Gasteiger partial charge in [0, 0.05) is 13.2 Å². The van der Waals surface area contributed by atoms with Gasteiger partial charge in [0.25, 0.3) is 0 Å². The molecule has 0 saturated carbocycles. The lowest BCUT2D eigenvalue weighted by Gasteiger charge is -2.03. The second-order valence-electron chi connectivity index (χ2n) is 4.80. The molecule has 0 atom stereocenters. The van der Waals surface area contributed by atoms with Gasteiger partial charge in [-0.2, -0.15) is 0 Å². The SMILES string of the molecule is CCCCc1ccc(CCc2cn(C)nn2)cc1. The van der Waals surface area contributed by atoms with E-state index in [0.29, 0.717) is 0 Å². The third-order valence-electron chi connectivity index (χ3n) is 3.16. The Hall–Kier alpha value is -1.64. The number of aromatic nitrogens is 3. The van der Waals surface area contributed by atoms with E-state index < -0.39 is 0 Å². The quantitative estimate of drug-likeness (QED) is 0.781. The van der Waals surface area contributed by atoms with Gasteiger partial charge >= 0.3 is 0 Å². The van der Waals surface area contributed by atoms with Crippen LogP contribution in [0.2, 0.25) is 0 Å². The van der Waals surface area contributed by atoms with E-state index in [0.717, 1.165) is 18.5 Å². The van der Waals surface area contributed by atoms with Crippen molar-refractivity contribution in [3.8, 4) is 0 Å². The van der Waals surface area contributed by atoms with E-state index >= 15 is 0 Å². The molecule has 96 valence electrons. The number of benzene rings is 1. The van der Waals surface area contributed by atoms with E-state index in [-0.39, 0.29) is 0 Å². The maximum atomic E-state index is 4.10. The van der Waals surface area contributed by atoms with Crippen LogP contribution in [0.15, 0.2) is 30.5 Å². The summed E-state index contributed by atoms with van der Waals surface area (Å²) in [5.74, 6) is 0. The van der Waals surface area contributed by atoms with Gasteiger partial charge < -0.3 is 0 Å². The van der Waals surface area contributed by atoms with Crippen LogP contribution in [-0.4, -0.2) is 15.0 Å². The fraction of sp³-hybridized carbons (Fsp3) is 0.467. The van der Waals surface area contributed by atoms with Gasteiger partial charge in [-0.3, -0.25) is 4.68 Å². The number of hydrogen-bond acceptors (Lipinski definition) is 2. The fourth-order valence-electron chi connectivity index (χ4n) is 2.04. The lowest BCUT2D eigenvalue weighted by molar-refractivity contribution is 0.713. The molecule has 18 heavy (non-hydrogen) atoms. The Labute approximate surface area is 109 Å². The number of rotatable bonds is 6. The van der Waals surface area contributed by atoms with Gasteiger partial charge in [-0.05, 0) is 36.8 Å². The molecule has 1 heterocycles. The summed E-state index contributed by atoms with van der Waals surface area (Å²) in [4.78, 5) is 0. The fourth-order valence-corrected chi connectivity index (χ4v) is 2.04. The molecule has 2 rings (SSSR count). The van der Waals surface area contributed by atoms with Gasteiger partial charge in [-0.15, -0.1) is 5.10 Å². The van der Waals surface area contributed by atoms with Gasteiger partial charge in [0.1, 0.15) is 0 Å². The zero-order chi connectivity index (χ0) is 12.8. The molecule has 0 unspecified atom stereocenters. The number of unbranched alkanes of at least 4 members (excludes halogenated alkanes) is 1.